The summed E-state index contributed by atoms with van der Waals surface area (Å²) in [7, 11) is 0. The predicted octanol–water partition coefficient (Wildman–Crippen LogP) is 3.34. The van der Waals surface area contributed by atoms with E-state index in [2.05, 4.69) is 28.6 Å². The Bertz CT molecular complexity index is 352. The molecule has 0 saturated carbocycles. The molecule has 0 aliphatic rings. The van der Waals surface area contributed by atoms with E-state index < -0.39 is 0 Å². The molecule has 15 heavy (non-hydrogen) atoms. The van der Waals surface area contributed by atoms with Gasteiger partial charge in [0.25, 0.3) is 0 Å². The summed E-state index contributed by atoms with van der Waals surface area (Å²) >= 11 is 7.60. The molecule has 0 aliphatic carbocycles. The van der Waals surface area contributed by atoms with Crippen LogP contribution >= 0.6 is 28.6 Å². The van der Waals surface area contributed by atoms with Gasteiger partial charge in [-0.3, -0.25) is 4.79 Å². The minimum absolute atomic E-state index is 0.000239. The van der Waals surface area contributed by atoms with Gasteiger partial charge in [-0.05, 0) is 25.5 Å². The molecule has 0 aliphatic heterocycles. The lowest BCUT2D eigenvalue weighted by atomic mass is 10.1. The Balaban J connectivity index is 2.87. The molecule has 82 valence electrons. The molecule has 1 rings (SSSR count). The summed E-state index contributed by atoms with van der Waals surface area (Å²) in [6.45, 7) is 2.11. The van der Waals surface area contributed by atoms with Crippen molar-refractivity contribution in [2.75, 3.05) is 11.9 Å². The number of benzene rings is 1. The number of ether oxygens (including phenoxy) is 1. The van der Waals surface area contributed by atoms with Crippen LogP contribution in [0.3, 0.4) is 0 Å². The normalized spacial score (nSPS) is 10.1. The van der Waals surface area contributed by atoms with Crippen molar-refractivity contribution in [3.8, 4) is 5.75 Å². The number of hydrogen-bond donors (Lipinski definition) is 1. The third-order valence-electron chi connectivity index (χ3n) is 1.90. The number of carbonyl (C=O) groups excluding carboxylic acids is 1. The number of hydrogen-bond acceptors (Lipinski definition) is 3. The van der Waals surface area contributed by atoms with Crippen molar-refractivity contribution in [2.45, 2.75) is 18.2 Å². The number of para-hydroxylation sites is 1. The van der Waals surface area contributed by atoms with Crippen LogP contribution in [0.5, 0.6) is 5.75 Å². The lowest BCUT2D eigenvalue weighted by Gasteiger charge is -2.11. The lowest BCUT2D eigenvalue weighted by molar-refractivity contribution is 0.101. The molecule has 0 aromatic heterocycles. The van der Waals surface area contributed by atoms with E-state index in [1.807, 2.05) is 6.07 Å². The third-order valence-corrected chi connectivity index (χ3v) is 2.81. The molecule has 1 aromatic rings. The van der Waals surface area contributed by atoms with Crippen LogP contribution in [0.1, 0.15) is 23.7 Å². The van der Waals surface area contributed by atoms with Crippen LogP contribution in [0.2, 0.25) is 0 Å². The van der Waals surface area contributed by atoms with Crippen molar-refractivity contribution >= 4 is 34.3 Å². The van der Waals surface area contributed by atoms with E-state index in [4.69, 9.17) is 4.74 Å². The van der Waals surface area contributed by atoms with E-state index in [0.29, 0.717) is 22.8 Å². The number of rotatable bonds is 5. The molecule has 0 spiro atoms. The summed E-state index contributed by atoms with van der Waals surface area (Å²) in [4.78, 5) is 12.0. The van der Waals surface area contributed by atoms with Gasteiger partial charge >= 0.3 is 0 Å². The maximum atomic E-state index is 11.3. The third kappa shape index (κ3) is 3.54. The zero-order valence-electron chi connectivity index (χ0n) is 8.50. The number of halogens is 1. The topological polar surface area (TPSA) is 26.3 Å². The zero-order valence-corrected chi connectivity index (χ0v) is 11.0. The minimum Gasteiger partial charge on any atom is -0.492 e. The van der Waals surface area contributed by atoms with Crippen LogP contribution in [0.15, 0.2) is 23.1 Å². The number of thiol groups is 1. The average molecular weight is 289 g/mol. The standard InChI is InChI=1S/C11H13BrO2S/c1-8(13)9-4-2-5-10(15)11(9)14-7-3-6-12/h2,4-5,15H,3,6-7H2,1H3. The first-order valence-electron chi connectivity index (χ1n) is 4.68. The van der Waals surface area contributed by atoms with Crippen molar-refractivity contribution in [2.24, 2.45) is 0 Å². The number of Topliss-reactive ketones (excluding diaryl/α,β-unsaturated/α-hetero) is 1. The van der Waals surface area contributed by atoms with E-state index in [-0.39, 0.29) is 5.78 Å². The number of ketones is 1. The van der Waals surface area contributed by atoms with E-state index in [1.165, 1.54) is 6.92 Å². The van der Waals surface area contributed by atoms with Gasteiger partial charge < -0.3 is 4.74 Å². The maximum Gasteiger partial charge on any atom is 0.163 e. The van der Waals surface area contributed by atoms with E-state index in [9.17, 15) is 4.79 Å². The van der Waals surface area contributed by atoms with E-state index in [0.717, 1.165) is 11.8 Å². The monoisotopic (exact) mass is 288 g/mol. The Morgan fingerprint density at radius 2 is 2.27 bits per heavy atom. The fraction of sp³-hybridized carbons (Fsp3) is 0.364. The van der Waals surface area contributed by atoms with Gasteiger partial charge in [0.05, 0.1) is 12.2 Å². The van der Waals surface area contributed by atoms with Gasteiger partial charge in [0, 0.05) is 10.2 Å². The van der Waals surface area contributed by atoms with Crippen molar-refractivity contribution in [1.82, 2.24) is 0 Å². The van der Waals surface area contributed by atoms with Crippen molar-refractivity contribution in [3.63, 3.8) is 0 Å². The summed E-state index contributed by atoms with van der Waals surface area (Å²) in [5.41, 5.74) is 0.595. The number of alkyl halides is 1. The second-order valence-corrected chi connectivity index (χ2v) is 4.38. The summed E-state index contributed by atoms with van der Waals surface area (Å²) < 4.78 is 5.54. The Morgan fingerprint density at radius 3 is 2.87 bits per heavy atom. The largest absolute Gasteiger partial charge is 0.492 e. The molecule has 0 amide bonds. The molecule has 0 heterocycles. The summed E-state index contributed by atoms with van der Waals surface area (Å²) in [5.74, 6) is 0.592. The first-order chi connectivity index (χ1) is 7.16. The summed E-state index contributed by atoms with van der Waals surface area (Å²) in [5, 5.41) is 0.886. The van der Waals surface area contributed by atoms with Crippen LogP contribution in [0.25, 0.3) is 0 Å². The lowest BCUT2D eigenvalue weighted by Crippen LogP contribution is -2.04. The van der Waals surface area contributed by atoms with Crippen molar-refractivity contribution in [1.29, 1.82) is 0 Å². The quantitative estimate of drug-likeness (QED) is 0.389. The van der Waals surface area contributed by atoms with Crippen LogP contribution in [0, 0.1) is 0 Å². The molecular weight excluding hydrogens is 276 g/mol. The first-order valence-corrected chi connectivity index (χ1v) is 6.25. The molecule has 0 N–H and O–H groups in total. The molecule has 1 aromatic carbocycles. The molecule has 0 fully saturated rings. The molecular formula is C11H13BrO2S. The second kappa shape index (κ2) is 6.18. The molecule has 4 heteroatoms. The van der Waals surface area contributed by atoms with Crippen molar-refractivity contribution in [3.05, 3.63) is 23.8 Å². The molecule has 2 nitrogen and oxygen atoms in total. The Morgan fingerprint density at radius 1 is 1.53 bits per heavy atom. The second-order valence-electron chi connectivity index (χ2n) is 3.10. The van der Waals surface area contributed by atoms with Gasteiger partial charge in [0.1, 0.15) is 5.75 Å². The number of carbonyl (C=O) groups is 1. The Kier molecular flexibility index (Phi) is 5.19. The molecule has 0 saturated heterocycles. The summed E-state index contributed by atoms with van der Waals surface area (Å²) in [6.07, 6.45) is 0.902. The molecule has 0 radical (unpaired) electrons. The first kappa shape index (κ1) is 12.6. The van der Waals surface area contributed by atoms with E-state index >= 15 is 0 Å². The highest BCUT2D eigenvalue weighted by Gasteiger charge is 2.10. The molecule has 0 unspecified atom stereocenters. The summed E-state index contributed by atoms with van der Waals surface area (Å²) in [6, 6.07) is 5.38. The fourth-order valence-electron chi connectivity index (χ4n) is 1.18. The van der Waals surface area contributed by atoms with Gasteiger partial charge in [-0.2, -0.15) is 0 Å². The van der Waals surface area contributed by atoms with Crippen LogP contribution in [-0.2, 0) is 0 Å². The van der Waals surface area contributed by atoms with Gasteiger partial charge in [-0.15, -0.1) is 12.6 Å². The van der Waals surface area contributed by atoms with Crippen molar-refractivity contribution < 1.29 is 9.53 Å². The predicted molar refractivity (Wildman–Crippen MR) is 67.6 cm³/mol. The molecule has 0 atom stereocenters. The highest BCUT2D eigenvalue weighted by molar-refractivity contribution is 9.09. The van der Waals surface area contributed by atoms with Crippen LogP contribution in [0.4, 0.5) is 0 Å². The highest BCUT2D eigenvalue weighted by Crippen LogP contribution is 2.27. The van der Waals surface area contributed by atoms with Gasteiger partial charge in [0.2, 0.25) is 0 Å². The van der Waals surface area contributed by atoms with Crippen LogP contribution in [-0.4, -0.2) is 17.7 Å². The highest BCUT2D eigenvalue weighted by atomic mass is 79.9. The van der Waals surface area contributed by atoms with E-state index in [1.54, 1.807) is 12.1 Å². The Hall–Kier alpha value is -0.480. The van der Waals surface area contributed by atoms with Gasteiger partial charge in [-0.1, -0.05) is 22.0 Å². The maximum absolute atomic E-state index is 11.3. The Labute approximate surface area is 104 Å². The van der Waals surface area contributed by atoms with Gasteiger partial charge in [0.15, 0.2) is 5.78 Å². The zero-order chi connectivity index (χ0) is 11.3. The van der Waals surface area contributed by atoms with Gasteiger partial charge in [-0.25, -0.2) is 0 Å². The minimum atomic E-state index is -0.000239. The average Bonchev–Trinajstić information content (AvgIpc) is 2.20. The SMILES string of the molecule is CC(=O)c1cccc(S)c1OCCCBr. The van der Waals surface area contributed by atoms with Crippen LogP contribution < -0.4 is 4.74 Å². The molecule has 0 bridgehead atoms. The fourth-order valence-corrected chi connectivity index (χ4v) is 1.68. The smallest absolute Gasteiger partial charge is 0.163 e.